The first-order valence-corrected chi connectivity index (χ1v) is 13.3. The number of carbonyl (C=O) groups is 3. The minimum atomic E-state index is -0.711. The highest BCUT2D eigenvalue weighted by Crippen LogP contribution is 2.45. The summed E-state index contributed by atoms with van der Waals surface area (Å²) in [5, 5.41) is 3.95. The monoisotopic (exact) mass is 522 g/mol. The zero-order chi connectivity index (χ0) is 27.1. The van der Waals surface area contributed by atoms with Crippen molar-refractivity contribution in [2.45, 2.75) is 38.3 Å². The normalized spacial score (nSPS) is 18.3. The number of nitrogens with one attached hydrogen (secondary N) is 2. The van der Waals surface area contributed by atoms with Crippen molar-refractivity contribution in [3.63, 3.8) is 0 Å². The number of aromatic amines is 1. The van der Waals surface area contributed by atoms with Crippen molar-refractivity contribution in [1.29, 1.82) is 0 Å². The lowest BCUT2D eigenvalue weighted by Gasteiger charge is -2.36. The molecule has 0 aliphatic carbocycles. The van der Waals surface area contributed by atoms with Gasteiger partial charge in [-0.2, -0.15) is 0 Å². The maximum absolute atomic E-state index is 14.2. The molecular formula is C31H30N4O4. The van der Waals surface area contributed by atoms with E-state index in [9.17, 15) is 14.4 Å². The highest BCUT2D eigenvalue weighted by Gasteiger charge is 2.53. The van der Waals surface area contributed by atoms with Gasteiger partial charge in [-0.05, 0) is 47.9 Å². The fourth-order valence-corrected chi connectivity index (χ4v) is 5.79. The number of methoxy groups -OCH3 is 1. The van der Waals surface area contributed by atoms with E-state index >= 15 is 0 Å². The van der Waals surface area contributed by atoms with Gasteiger partial charge in [0, 0.05) is 29.6 Å². The van der Waals surface area contributed by atoms with Gasteiger partial charge in [0.2, 0.25) is 0 Å². The molecule has 3 heterocycles. The van der Waals surface area contributed by atoms with Crippen LogP contribution >= 0.6 is 0 Å². The lowest BCUT2D eigenvalue weighted by Crippen LogP contribution is -2.44. The fraction of sp³-hybridized carbons (Fsp3) is 0.258. The number of aromatic nitrogens is 1. The predicted octanol–water partition coefficient (Wildman–Crippen LogP) is 5.19. The van der Waals surface area contributed by atoms with Crippen molar-refractivity contribution in [3.8, 4) is 5.75 Å². The zero-order valence-electron chi connectivity index (χ0n) is 21.9. The van der Waals surface area contributed by atoms with Crippen molar-refractivity contribution in [2.75, 3.05) is 18.6 Å². The first-order chi connectivity index (χ1) is 19.0. The molecule has 4 amide bonds. The molecule has 1 fully saturated rings. The molecule has 6 rings (SSSR count). The molecule has 1 saturated heterocycles. The first-order valence-electron chi connectivity index (χ1n) is 13.3. The molecule has 39 heavy (non-hydrogen) atoms. The van der Waals surface area contributed by atoms with Crippen LogP contribution in [0.3, 0.4) is 0 Å². The van der Waals surface area contributed by atoms with Gasteiger partial charge in [-0.15, -0.1) is 0 Å². The Labute approximate surface area is 226 Å². The van der Waals surface area contributed by atoms with E-state index in [0.29, 0.717) is 30.0 Å². The molecule has 8 heteroatoms. The number of benzene rings is 3. The molecule has 3 aromatic carbocycles. The van der Waals surface area contributed by atoms with Crippen LogP contribution in [0, 0.1) is 0 Å². The summed E-state index contributed by atoms with van der Waals surface area (Å²) < 4.78 is 5.49. The van der Waals surface area contributed by atoms with E-state index in [1.807, 2.05) is 48.5 Å². The summed E-state index contributed by atoms with van der Waals surface area (Å²) in [6, 6.07) is 20.7. The Morgan fingerprint density at radius 1 is 1.05 bits per heavy atom. The highest BCUT2D eigenvalue weighted by atomic mass is 16.5. The number of nitrogens with zero attached hydrogens (tertiary/aromatic N) is 2. The third kappa shape index (κ3) is 4.03. The Morgan fingerprint density at radius 2 is 1.85 bits per heavy atom. The number of amides is 4. The van der Waals surface area contributed by atoms with E-state index in [1.54, 1.807) is 36.3 Å². The van der Waals surface area contributed by atoms with Crippen molar-refractivity contribution >= 4 is 34.4 Å². The van der Waals surface area contributed by atoms with E-state index < -0.39 is 18.1 Å². The van der Waals surface area contributed by atoms with E-state index in [2.05, 4.69) is 17.2 Å². The quantitative estimate of drug-likeness (QED) is 0.258. The largest absolute Gasteiger partial charge is 0.497 e. The Hall–Kier alpha value is -4.59. The average Bonchev–Trinajstić information content (AvgIpc) is 3.46. The number of urea groups is 1. The second kappa shape index (κ2) is 9.94. The molecule has 2 aliphatic heterocycles. The summed E-state index contributed by atoms with van der Waals surface area (Å²) in [6.07, 6.45) is 2.17. The second-order valence-electron chi connectivity index (χ2n) is 9.95. The molecular weight excluding hydrogens is 492 g/mol. The summed E-state index contributed by atoms with van der Waals surface area (Å²) in [5.41, 5.74) is 4.30. The highest BCUT2D eigenvalue weighted by molar-refractivity contribution is 6.24. The van der Waals surface area contributed by atoms with E-state index in [1.165, 1.54) is 4.90 Å². The maximum atomic E-state index is 14.2. The van der Waals surface area contributed by atoms with Gasteiger partial charge in [-0.1, -0.05) is 55.8 Å². The van der Waals surface area contributed by atoms with E-state index in [-0.39, 0.29) is 11.8 Å². The number of fused-ring (bicyclic) bond motifs is 4. The summed E-state index contributed by atoms with van der Waals surface area (Å²) in [4.78, 5) is 47.7. The predicted molar refractivity (Wildman–Crippen MR) is 149 cm³/mol. The summed E-state index contributed by atoms with van der Waals surface area (Å²) >= 11 is 0. The van der Waals surface area contributed by atoms with Gasteiger partial charge >= 0.3 is 6.03 Å². The molecule has 0 spiro atoms. The molecule has 0 radical (unpaired) electrons. The maximum Gasteiger partial charge on any atom is 0.332 e. The molecule has 1 aromatic heterocycles. The third-order valence-corrected chi connectivity index (χ3v) is 7.66. The van der Waals surface area contributed by atoms with Crippen molar-refractivity contribution in [2.24, 2.45) is 0 Å². The van der Waals surface area contributed by atoms with Crippen molar-refractivity contribution in [1.82, 2.24) is 15.2 Å². The molecule has 8 nitrogen and oxygen atoms in total. The number of H-pyrrole nitrogens is 1. The van der Waals surface area contributed by atoms with Crippen LogP contribution < -0.4 is 15.0 Å². The number of ether oxygens (including phenoxy) is 1. The number of rotatable bonds is 7. The Morgan fingerprint density at radius 3 is 2.67 bits per heavy atom. The number of imide groups is 1. The SMILES string of the molecule is CCCCNC(=O)c1ccccc1N1C(=O)[C@@H]2Cc3c([nH]c4ccccc34)C(c3cccc(OC)c3)N2C1=O. The summed E-state index contributed by atoms with van der Waals surface area (Å²) in [7, 11) is 1.60. The number of para-hydroxylation sites is 2. The Balaban J connectivity index is 1.46. The van der Waals surface area contributed by atoms with Crippen LogP contribution in [0.25, 0.3) is 10.9 Å². The number of anilines is 1. The zero-order valence-corrected chi connectivity index (χ0v) is 21.9. The summed E-state index contributed by atoms with van der Waals surface area (Å²) in [5.74, 6) is 0.0268. The van der Waals surface area contributed by atoms with Crippen LogP contribution in [-0.2, 0) is 11.2 Å². The van der Waals surface area contributed by atoms with Crippen LogP contribution in [0.5, 0.6) is 5.75 Å². The van der Waals surface area contributed by atoms with Gasteiger partial charge in [0.25, 0.3) is 11.8 Å². The van der Waals surface area contributed by atoms with Gasteiger partial charge < -0.3 is 15.0 Å². The lowest BCUT2D eigenvalue weighted by atomic mass is 9.89. The van der Waals surface area contributed by atoms with Gasteiger partial charge in [0.05, 0.1) is 18.4 Å². The molecule has 1 unspecified atom stereocenters. The van der Waals surface area contributed by atoms with Gasteiger partial charge in [0.15, 0.2) is 0 Å². The van der Waals surface area contributed by atoms with Crippen LogP contribution in [0.2, 0.25) is 0 Å². The second-order valence-corrected chi connectivity index (χ2v) is 9.95. The lowest BCUT2D eigenvalue weighted by molar-refractivity contribution is -0.120. The van der Waals surface area contributed by atoms with Gasteiger partial charge in [0.1, 0.15) is 17.8 Å². The minimum absolute atomic E-state index is 0.300. The molecule has 2 aliphatic rings. The third-order valence-electron chi connectivity index (χ3n) is 7.66. The Bertz CT molecular complexity index is 1590. The topological polar surface area (TPSA) is 94.7 Å². The number of hydrogen-bond donors (Lipinski definition) is 2. The fourth-order valence-electron chi connectivity index (χ4n) is 5.79. The standard InChI is InChI=1S/C31H30N4O4/c1-3-4-16-32-29(36)22-13-6-8-15-25(22)35-30(37)26-18-23-21-12-5-7-14-24(21)33-27(23)28(34(26)31(35)38)19-10-9-11-20(17-19)39-2/h5-15,17,26,28,33H,3-4,16,18H2,1-2H3,(H,32,36)/t26-,28?/m0/s1. The molecule has 4 aromatic rings. The summed E-state index contributed by atoms with van der Waals surface area (Å²) in [6.45, 7) is 2.58. The smallest absolute Gasteiger partial charge is 0.332 e. The molecule has 0 bridgehead atoms. The van der Waals surface area contributed by atoms with Crippen LogP contribution in [0.15, 0.2) is 72.8 Å². The van der Waals surface area contributed by atoms with Gasteiger partial charge in [-0.25, -0.2) is 9.69 Å². The number of hydrogen-bond acceptors (Lipinski definition) is 4. The van der Waals surface area contributed by atoms with Crippen LogP contribution in [0.4, 0.5) is 10.5 Å². The first kappa shape index (κ1) is 24.7. The molecule has 198 valence electrons. The van der Waals surface area contributed by atoms with Crippen molar-refractivity contribution < 1.29 is 19.1 Å². The van der Waals surface area contributed by atoms with Crippen LogP contribution in [-0.4, -0.2) is 47.4 Å². The van der Waals surface area contributed by atoms with Crippen molar-refractivity contribution in [3.05, 3.63) is 95.2 Å². The van der Waals surface area contributed by atoms with E-state index in [0.717, 1.165) is 40.6 Å². The number of unbranched alkanes of at least 4 members (excludes halogenated alkanes) is 1. The van der Waals surface area contributed by atoms with Gasteiger partial charge in [-0.3, -0.25) is 14.5 Å². The van der Waals surface area contributed by atoms with Crippen LogP contribution in [0.1, 0.15) is 53.0 Å². The van der Waals surface area contributed by atoms with E-state index in [4.69, 9.17) is 4.74 Å². The number of carbonyl (C=O) groups excluding carboxylic acids is 3. The molecule has 2 N–H and O–H groups in total. The molecule has 2 atom stereocenters. The molecule has 0 saturated carbocycles. The average molecular weight is 523 g/mol. The minimum Gasteiger partial charge on any atom is -0.497 e. The Kier molecular flexibility index (Phi) is 6.30.